The first kappa shape index (κ1) is 9.41. The van der Waals surface area contributed by atoms with Gasteiger partial charge in [-0.05, 0) is 35.1 Å². The van der Waals surface area contributed by atoms with Gasteiger partial charge in [-0.1, -0.05) is 60.7 Å². The van der Waals surface area contributed by atoms with Crippen LogP contribution in [0, 0.1) is 0 Å². The van der Waals surface area contributed by atoms with Gasteiger partial charge in [-0.15, -0.1) is 0 Å². The molecule has 2 aromatic carbocycles. The molecule has 0 unspecified atom stereocenters. The van der Waals surface area contributed by atoms with Gasteiger partial charge in [-0.3, -0.25) is 0 Å². The van der Waals surface area contributed by atoms with Crippen LogP contribution in [0.25, 0.3) is 12.2 Å². The van der Waals surface area contributed by atoms with Crippen molar-refractivity contribution in [1.29, 1.82) is 0 Å². The van der Waals surface area contributed by atoms with E-state index in [2.05, 4.69) is 60.7 Å². The van der Waals surface area contributed by atoms with Gasteiger partial charge in [0.05, 0.1) is 0 Å². The topological polar surface area (TPSA) is 0 Å². The van der Waals surface area contributed by atoms with Crippen LogP contribution in [0.5, 0.6) is 0 Å². The van der Waals surface area contributed by atoms with Gasteiger partial charge < -0.3 is 0 Å². The van der Waals surface area contributed by atoms with Crippen LogP contribution in [0.3, 0.4) is 0 Å². The fourth-order valence-electron chi connectivity index (χ4n) is 2.30. The van der Waals surface area contributed by atoms with Crippen LogP contribution >= 0.6 is 0 Å². The molecule has 0 spiro atoms. The fourth-order valence-corrected chi connectivity index (χ4v) is 2.30. The van der Waals surface area contributed by atoms with E-state index < -0.39 is 0 Å². The number of rotatable bonds is 0. The third-order valence-corrected chi connectivity index (χ3v) is 3.22. The van der Waals surface area contributed by atoms with E-state index in [1.807, 2.05) is 0 Å². The minimum Gasteiger partial charge on any atom is -0.0620 e. The van der Waals surface area contributed by atoms with Crippen molar-refractivity contribution < 1.29 is 0 Å². The molecule has 0 aromatic heterocycles. The van der Waals surface area contributed by atoms with E-state index in [0.29, 0.717) is 0 Å². The number of fused-ring (bicyclic) bond motifs is 2. The van der Waals surface area contributed by atoms with Gasteiger partial charge in [0.1, 0.15) is 0 Å². The van der Waals surface area contributed by atoms with Crippen molar-refractivity contribution in [3.63, 3.8) is 0 Å². The predicted octanol–water partition coefficient (Wildman–Crippen LogP) is 3.96. The van der Waals surface area contributed by atoms with E-state index >= 15 is 0 Å². The lowest BCUT2D eigenvalue weighted by atomic mass is 9.93. The molecule has 1 aliphatic rings. The summed E-state index contributed by atoms with van der Waals surface area (Å²) in [4.78, 5) is 0. The highest BCUT2D eigenvalue weighted by atomic mass is 14.1. The Balaban J connectivity index is 2.10. The molecule has 0 saturated heterocycles. The van der Waals surface area contributed by atoms with Crippen LogP contribution in [0.4, 0.5) is 0 Å². The minimum absolute atomic E-state index is 1.14. The molecule has 0 atom stereocenters. The molecule has 16 heavy (non-hydrogen) atoms. The van der Waals surface area contributed by atoms with Crippen LogP contribution in [-0.2, 0) is 12.8 Å². The summed E-state index contributed by atoms with van der Waals surface area (Å²) in [5.74, 6) is 0. The molecule has 0 nitrogen and oxygen atoms in total. The Labute approximate surface area is 96.3 Å². The lowest BCUT2D eigenvalue weighted by Gasteiger charge is -2.12. The molecule has 0 amide bonds. The van der Waals surface area contributed by atoms with E-state index in [1.165, 1.54) is 22.3 Å². The van der Waals surface area contributed by atoms with Gasteiger partial charge in [-0.2, -0.15) is 0 Å². The fraction of sp³-hybridized carbons (Fsp3) is 0.125. The van der Waals surface area contributed by atoms with Crippen LogP contribution < -0.4 is 0 Å². The normalized spacial score (nSPS) is 13.5. The Bertz CT molecular complexity index is 486. The van der Waals surface area contributed by atoms with Crippen molar-refractivity contribution in [2.75, 3.05) is 0 Å². The number of hydrogen-bond acceptors (Lipinski definition) is 0. The lowest BCUT2D eigenvalue weighted by Crippen LogP contribution is -1.98. The minimum atomic E-state index is 1.14. The van der Waals surface area contributed by atoms with E-state index in [-0.39, 0.29) is 0 Å². The number of benzene rings is 2. The van der Waals surface area contributed by atoms with Crippen LogP contribution in [0.1, 0.15) is 22.3 Å². The maximum absolute atomic E-state index is 2.23. The number of hydrogen-bond donors (Lipinski definition) is 0. The summed E-state index contributed by atoms with van der Waals surface area (Å²) in [6, 6.07) is 17.3. The first-order valence-electron chi connectivity index (χ1n) is 5.77. The Morgan fingerprint density at radius 3 is 1.50 bits per heavy atom. The Hall–Kier alpha value is -1.82. The molecule has 0 fully saturated rings. The Morgan fingerprint density at radius 2 is 1.00 bits per heavy atom. The van der Waals surface area contributed by atoms with E-state index in [4.69, 9.17) is 0 Å². The molecule has 0 saturated carbocycles. The van der Waals surface area contributed by atoms with Crippen molar-refractivity contribution in [1.82, 2.24) is 0 Å². The molecule has 0 N–H and O–H groups in total. The summed E-state index contributed by atoms with van der Waals surface area (Å²) in [5.41, 5.74) is 5.62. The summed E-state index contributed by atoms with van der Waals surface area (Å²) in [5, 5.41) is 0. The smallest absolute Gasteiger partial charge is 0.0224 e. The molecule has 0 bridgehead atoms. The van der Waals surface area contributed by atoms with Crippen molar-refractivity contribution in [2.45, 2.75) is 12.8 Å². The third kappa shape index (κ3) is 1.67. The molecule has 0 radical (unpaired) electrons. The molecule has 0 heterocycles. The van der Waals surface area contributed by atoms with Crippen LogP contribution in [0.2, 0.25) is 0 Å². The van der Waals surface area contributed by atoms with Gasteiger partial charge in [0, 0.05) is 0 Å². The first-order valence-corrected chi connectivity index (χ1v) is 5.77. The quantitative estimate of drug-likeness (QED) is 0.612. The Morgan fingerprint density at radius 1 is 0.562 bits per heavy atom. The second-order valence-corrected chi connectivity index (χ2v) is 4.23. The predicted molar refractivity (Wildman–Crippen MR) is 69.2 cm³/mol. The zero-order valence-corrected chi connectivity index (χ0v) is 9.19. The molecule has 1 aliphatic carbocycles. The summed E-state index contributed by atoms with van der Waals surface area (Å²) in [6.45, 7) is 0. The highest BCUT2D eigenvalue weighted by Crippen LogP contribution is 2.21. The van der Waals surface area contributed by atoms with Gasteiger partial charge in [0.2, 0.25) is 0 Å². The summed E-state index contributed by atoms with van der Waals surface area (Å²) in [7, 11) is 0. The SMILES string of the molecule is C1=Cc2ccccc2CCc2ccccc21. The third-order valence-electron chi connectivity index (χ3n) is 3.22. The number of aryl methyl sites for hydroxylation is 2. The highest BCUT2D eigenvalue weighted by molar-refractivity contribution is 5.73. The largest absolute Gasteiger partial charge is 0.0620 e. The molecule has 0 aliphatic heterocycles. The van der Waals surface area contributed by atoms with Crippen molar-refractivity contribution in [3.05, 3.63) is 70.8 Å². The van der Waals surface area contributed by atoms with Gasteiger partial charge >= 0.3 is 0 Å². The maximum atomic E-state index is 2.23. The molecule has 2 aromatic rings. The molecule has 78 valence electrons. The second kappa shape index (κ2) is 3.97. The average molecular weight is 206 g/mol. The Kier molecular flexibility index (Phi) is 2.34. The molecule has 0 heteroatoms. The van der Waals surface area contributed by atoms with E-state index in [1.54, 1.807) is 0 Å². The van der Waals surface area contributed by atoms with E-state index in [0.717, 1.165) is 12.8 Å². The maximum Gasteiger partial charge on any atom is -0.0224 e. The summed E-state index contributed by atoms with van der Waals surface area (Å²) < 4.78 is 0. The van der Waals surface area contributed by atoms with Crippen LogP contribution in [-0.4, -0.2) is 0 Å². The van der Waals surface area contributed by atoms with Crippen molar-refractivity contribution >= 4 is 12.2 Å². The lowest BCUT2D eigenvalue weighted by molar-refractivity contribution is 0.952. The van der Waals surface area contributed by atoms with E-state index in [9.17, 15) is 0 Å². The van der Waals surface area contributed by atoms with Crippen molar-refractivity contribution in [3.8, 4) is 0 Å². The molecule has 3 rings (SSSR count). The molecular formula is C16H14. The van der Waals surface area contributed by atoms with Gasteiger partial charge in [0.15, 0.2) is 0 Å². The average Bonchev–Trinajstić information content (AvgIpc) is 2.32. The zero-order valence-electron chi connectivity index (χ0n) is 9.19. The van der Waals surface area contributed by atoms with Gasteiger partial charge in [-0.25, -0.2) is 0 Å². The van der Waals surface area contributed by atoms with Crippen molar-refractivity contribution in [2.24, 2.45) is 0 Å². The monoisotopic (exact) mass is 206 g/mol. The first-order chi connectivity index (χ1) is 7.93. The standard InChI is InChI=1S/C16H14/c1-2-6-14-11-12-16-8-4-3-7-15(16)10-9-13(14)5-1/h1-10H,11-12H2. The highest BCUT2D eigenvalue weighted by Gasteiger charge is 2.05. The summed E-state index contributed by atoms with van der Waals surface area (Å²) >= 11 is 0. The van der Waals surface area contributed by atoms with Gasteiger partial charge in [0.25, 0.3) is 0 Å². The zero-order chi connectivity index (χ0) is 10.8. The second-order valence-electron chi connectivity index (χ2n) is 4.23. The summed E-state index contributed by atoms with van der Waals surface area (Å²) in [6.07, 6.45) is 6.73. The van der Waals surface area contributed by atoms with Crippen LogP contribution in [0.15, 0.2) is 48.5 Å². The molecular weight excluding hydrogens is 192 g/mol.